The second kappa shape index (κ2) is 8.57. The zero-order valence-electron chi connectivity index (χ0n) is 16.4. The zero-order valence-corrected chi connectivity index (χ0v) is 17.1. The van der Waals surface area contributed by atoms with Crippen molar-refractivity contribution in [2.75, 3.05) is 5.32 Å². The number of nitrogens with zero attached hydrogens (tertiary/aromatic N) is 1. The van der Waals surface area contributed by atoms with Crippen molar-refractivity contribution >= 4 is 35.0 Å². The Morgan fingerprint density at radius 1 is 0.966 bits per heavy atom. The van der Waals surface area contributed by atoms with E-state index in [2.05, 4.69) is 10.6 Å². The maximum absolute atomic E-state index is 12.9. The summed E-state index contributed by atoms with van der Waals surface area (Å²) in [6.07, 6.45) is 9.13. The molecule has 0 saturated heterocycles. The number of nitrogens with one attached hydrogen (secondary N) is 2. The van der Waals surface area contributed by atoms with E-state index in [1.807, 2.05) is 0 Å². The van der Waals surface area contributed by atoms with Crippen molar-refractivity contribution in [3.05, 3.63) is 40.6 Å². The van der Waals surface area contributed by atoms with Crippen molar-refractivity contribution in [3.63, 3.8) is 0 Å². The van der Waals surface area contributed by atoms with Crippen LogP contribution in [0.1, 0.15) is 68.1 Å². The molecule has 1 aromatic carbocycles. The first kappa shape index (κ1) is 20.0. The molecule has 4 rings (SSSR count). The van der Waals surface area contributed by atoms with Crippen LogP contribution in [0.2, 0.25) is 0 Å². The molecular formula is C22H26ClN3O3. The molecule has 3 aliphatic rings. The molecule has 6 nitrogen and oxygen atoms in total. The number of anilines is 1. The number of amides is 3. The van der Waals surface area contributed by atoms with Crippen LogP contribution in [-0.2, 0) is 9.59 Å². The smallest absolute Gasteiger partial charge is 0.279 e. The first-order chi connectivity index (χ1) is 14.0. The van der Waals surface area contributed by atoms with E-state index in [-0.39, 0.29) is 34.6 Å². The maximum Gasteiger partial charge on any atom is 0.279 e. The quantitative estimate of drug-likeness (QED) is 0.714. The van der Waals surface area contributed by atoms with E-state index in [0.29, 0.717) is 11.3 Å². The minimum atomic E-state index is -0.429. The second-order valence-corrected chi connectivity index (χ2v) is 8.50. The zero-order chi connectivity index (χ0) is 20.4. The number of hydrogen-bond donors (Lipinski definition) is 2. The molecule has 1 aliphatic heterocycles. The lowest BCUT2D eigenvalue weighted by atomic mass is 9.94. The van der Waals surface area contributed by atoms with E-state index < -0.39 is 5.91 Å². The van der Waals surface area contributed by atoms with Gasteiger partial charge in [0.15, 0.2) is 0 Å². The molecule has 0 bridgehead atoms. The molecular weight excluding hydrogens is 390 g/mol. The number of halogens is 1. The van der Waals surface area contributed by atoms with E-state index in [4.69, 9.17) is 11.6 Å². The molecule has 0 spiro atoms. The number of hydrogen-bond acceptors (Lipinski definition) is 4. The Balaban J connectivity index is 1.47. The molecule has 0 unspecified atom stereocenters. The molecule has 2 N–H and O–H groups in total. The molecule has 7 heteroatoms. The lowest BCUT2D eigenvalue weighted by Crippen LogP contribution is -2.42. The first-order valence-electron chi connectivity index (χ1n) is 10.5. The van der Waals surface area contributed by atoms with Crippen LogP contribution in [0, 0.1) is 0 Å². The summed E-state index contributed by atoms with van der Waals surface area (Å²) in [5.74, 6) is -0.938. The van der Waals surface area contributed by atoms with Crippen LogP contribution >= 0.6 is 11.6 Å². The third-order valence-corrected chi connectivity index (χ3v) is 6.43. The lowest BCUT2D eigenvalue weighted by Gasteiger charge is -2.29. The van der Waals surface area contributed by atoms with Crippen molar-refractivity contribution in [2.24, 2.45) is 0 Å². The minimum absolute atomic E-state index is 0.0821. The van der Waals surface area contributed by atoms with E-state index in [0.717, 1.165) is 57.8 Å². The molecule has 2 fully saturated rings. The van der Waals surface area contributed by atoms with Crippen LogP contribution in [0.5, 0.6) is 0 Å². The summed E-state index contributed by atoms with van der Waals surface area (Å²) >= 11 is 6.23. The van der Waals surface area contributed by atoms with Crippen LogP contribution < -0.4 is 10.6 Å². The summed E-state index contributed by atoms with van der Waals surface area (Å²) in [4.78, 5) is 39.3. The van der Waals surface area contributed by atoms with Gasteiger partial charge < -0.3 is 10.6 Å². The first-order valence-corrected chi connectivity index (χ1v) is 10.9. The number of carbonyl (C=O) groups excluding carboxylic acids is 3. The highest BCUT2D eigenvalue weighted by Gasteiger charge is 2.42. The average molecular weight is 416 g/mol. The fourth-order valence-electron chi connectivity index (χ4n) is 4.52. The third kappa shape index (κ3) is 4.17. The van der Waals surface area contributed by atoms with E-state index >= 15 is 0 Å². The Labute approximate surface area is 175 Å². The minimum Gasteiger partial charge on any atom is -0.350 e. The van der Waals surface area contributed by atoms with E-state index in [1.54, 1.807) is 24.3 Å². The molecule has 2 aliphatic carbocycles. The van der Waals surface area contributed by atoms with Crippen LogP contribution in [0.4, 0.5) is 5.69 Å². The van der Waals surface area contributed by atoms with Gasteiger partial charge in [0.05, 0.1) is 0 Å². The fourth-order valence-corrected chi connectivity index (χ4v) is 4.74. The summed E-state index contributed by atoms with van der Waals surface area (Å²) in [5.41, 5.74) is 1.17. The summed E-state index contributed by atoms with van der Waals surface area (Å²) < 4.78 is 0. The number of imide groups is 1. The lowest BCUT2D eigenvalue weighted by molar-refractivity contribution is -0.140. The van der Waals surface area contributed by atoms with Crippen molar-refractivity contribution in [3.8, 4) is 0 Å². The van der Waals surface area contributed by atoms with Crippen molar-refractivity contribution < 1.29 is 14.4 Å². The van der Waals surface area contributed by atoms with Crippen molar-refractivity contribution in [1.82, 2.24) is 10.2 Å². The SMILES string of the molecule is O=C(NC1CCCC1)c1cccc(NC2=C(Cl)C(=O)N(C3CCCCC3)C2=O)c1. The van der Waals surface area contributed by atoms with Crippen LogP contribution in [0.15, 0.2) is 35.0 Å². The highest BCUT2D eigenvalue weighted by atomic mass is 35.5. The highest BCUT2D eigenvalue weighted by molar-refractivity contribution is 6.48. The summed E-state index contributed by atoms with van der Waals surface area (Å²) in [5, 5.41) is 5.96. The number of carbonyl (C=O) groups is 3. The predicted octanol–water partition coefficient (Wildman–Crippen LogP) is 3.92. The van der Waals surface area contributed by atoms with Gasteiger partial charge in [-0.3, -0.25) is 19.3 Å². The maximum atomic E-state index is 12.9. The molecule has 0 atom stereocenters. The van der Waals surface area contributed by atoms with Gasteiger partial charge in [-0.2, -0.15) is 0 Å². The van der Waals surface area contributed by atoms with Gasteiger partial charge in [-0.15, -0.1) is 0 Å². The van der Waals surface area contributed by atoms with Gasteiger partial charge in [0.2, 0.25) is 0 Å². The van der Waals surface area contributed by atoms with Gasteiger partial charge in [0.25, 0.3) is 17.7 Å². The summed E-state index contributed by atoms with van der Waals surface area (Å²) in [6.45, 7) is 0. The highest BCUT2D eigenvalue weighted by Crippen LogP contribution is 2.32. The molecule has 1 heterocycles. The molecule has 29 heavy (non-hydrogen) atoms. The fraction of sp³-hybridized carbons (Fsp3) is 0.500. The van der Waals surface area contributed by atoms with Crippen LogP contribution in [0.3, 0.4) is 0 Å². The Kier molecular flexibility index (Phi) is 5.90. The summed E-state index contributed by atoms with van der Waals surface area (Å²) in [7, 11) is 0. The third-order valence-electron chi connectivity index (χ3n) is 6.08. The normalized spacial score (nSPS) is 21.2. The van der Waals surface area contributed by atoms with Crippen molar-refractivity contribution in [1.29, 1.82) is 0 Å². The second-order valence-electron chi connectivity index (χ2n) is 8.12. The molecule has 3 amide bonds. The topological polar surface area (TPSA) is 78.5 Å². The number of rotatable bonds is 5. The van der Waals surface area contributed by atoms with Gasteiger partial charge in [0.1, 0.15) is 10.7 Å². The Morgan fingerprint density at radius 3 is 2.38 bits per heavy atom. The monoisotopic (exact) mass is 415 g/mol. The van der Waals surface area contributed by atoms with Crippen molar-refractivity contribution in [2.45, 2.75) is 69.9 Å². The molecule has 0 aromatic heterocycles. The Morgan fingerprint density at radius 2 is 1.66 bits per heavy atom. The molecule has 0 radical (unpaired) electrons. The van der Waals surface area contributed by atoms with Gasteiger partial charge in [-0.05, 0) is 43.9 Å². The molecule has 1 aromatic rings. The average Bonchev–Trinajstić information content (AvgIpc) is 3.32. The van der Waals surface area contributed by atoms with E-state index in [9.17, 15) is 14.4 Å². The molecule has 154 valence electrons. The molecule has 2 saturated carbocycles. The number of benzene rings is 1. The Bertz CT molecular complexity index is 855. The van der Waals surface area contributed by atoms with Crippen LogP contribution in [0.25, 0.3) is 0 Å². The van der Waals surface area contributed by atoms with Gasteiger partial charge in [0, 0.05) is 23.3 Å². The predicted molar refractivity (Wildman–Crippen MR) is 111 cm³/mol. The largest absolute Gasteiger partial charge is 0.350 e. The standard InChI is InChI=1S/C22H26ClN3O3/c23-18-19(22(29)26(21(18)28)17-11-2-1-3-12-17)24-16-10-6-7-14(13-16)20(27)25-15-8-4-5-9-15/h6-7,10,13,15,17,24H,1-5,8-9,11-12H2,(H,25,27). The van der Waals surface area contributed by atoms with Crippen LogP contribution in [-0.4, -0.2) is 34.7 Å². The van der Waals surface area contributed by atoms with E-state index in [1.165, 1.54) is 4.90 Å². The summed E-state index contributed by atoms with van der Waals surface area (Å²) in [6, 6.07) is 7.07. The Hall–Kier alpha value is -2.34. The van der Waals surface area contributed by atoms with Gasteiger partial charge in [-0.25, -0.2) is 0 Å². The van der Waals surface area contributed by atoms with Gasteiger partial charge in [-0.1, -0.05) is 49.8 Å². The van der Waals surface area contributed by atoms with Gasteiger partial charge >= 0.3 is 0 Å².